The van der Waals surface area contributed by atoms with Crippen LogP contribution in [0.1, 0.15) is 28.6 Å². The number of rotatable bonds is 5. The van der Waals surface area contributed by atoms with Crippen molar-refractivity contribution in [3.05, 3.63) is 56.8 Å². The Hall–Kier alpha value is -2.32. The summed E-state index contributed by atoms with van der Waals surface area (Å²) < 4.78 is 20.0. The summed E-state index contributed by atoms with van der Waals surface area (Å²) in [5.41, 5.74) is 1.31. The van der Waals surface area contributed by atoms with Crippen LogP contribution < -0.4 is 10.3 Å². The molecule has 3 aromatic rings. The monoisotopic (exact) mass is 361 g/mol. The van der Waals surface area contributed by atoms with Crippen molar-refractivity contribution in [1.29, 1.82) is 0 Å². The van der Waals surface area contributed by atoms with Crippen LogP contribution >= 0.6 is 11.3 Å². The summed E-state index contributed by atoms with van der Waals surface area (Å²) in [5, 5.41) is 9.30. The van der Waals surface area contributed by atoms with Crippen LogP contribution in [0.5, 0.6) is 5.88 Å². The topological polar surface area (TPSA) is 76.7 Å². The fraction of sp³-hybridized carbons (Fsp3) is 0.353. The third-order valence-electron chi connectivity index (χ3n) is 4.36. The molecular formula is C17H16FN3O3S. The van der Waals surface area contributed by atoms with E-state index in [1.54, 1.807) is 4.40 Å². The maximum Gasteiger partial charge on any atom is 0.259 e. The number of fused-ring (bicyclic) bond motifs is 1. The van der Waals surface area contributed by atoms with Crippen molar-refractivity contribution in [2.24, 2.45) is 5.92 Å². The minimum absolute atomic E-state index is 0.0827. The molecular weight excluding hydrogens is 345 g/mol. The molecule has 3 aromatic heterocycles. The summed E-state index contributed by atoms with van der Waals surface area (Å²) in [5.74, 6) is 0.294. The minimum Gasteiger partial charge on any atom is -0.471 e. The first kappa shape index (κ1) is 16.2. The van der Waals surface area contributed by atoms with Crippen molar-refractivity contribution in [3.63, 3.8) is 0 Å². The van der Waals surface area contributed by atoms with Crippen LogP contribution in [0, 0.1) is 18.7 Å². The largest absolute Gasteiger partial charge is 0.471 e. The second kappa shape index (κ2) is 6.20. The van der Waals surface area contributed by atoms with Gasteiger partial charge in [-0.05, 0) is 25.3 Å². The molecule has 3 heterocycles. The van der Waals surface area contributed by atoms with Crippen LogP contribution in [0.2, 0.25) is 0 Å². The molecule has 0 amide bonds. The zero-order valence-corrected chi connectivity index (χ0v) is 14.3. The van der Waals surface area contributed by atoms with Crippen molar-refractivity contribution in [2.75, 3.05) is 6.61 Å². The predicted molar refractivity (Wildman–Crippen MR) is 90.5 cm³/mol. The van der Waals surface area contributed by atoms with Gasteiger partial charge in [-0.2, -0.15) is 0 Å². The van der Waals surface area contributed by atoms with Gasteiger partial charge < -0.3 is 9.84 Å². The number of aromatic nitrogens is 3. The number of pyridine rings is 1. The highest BCUT2D eigenvalue weighted by atomic mass is 32.1. The fourth-order valence-corrected chi connectivity index (χ4v) is 4.09. The molecule has 2 unspecified atom stereocenters. The quantitative estimate of drug-likeness (QED) is 0.754. The summed E-state index contributed by atoms with van der Waals surface area (Å²) in [6.07, 6.45) is 1.97. The summed E-state index contributed by atoms with van der Waals surface area (Å²) in [4.78, 5) is 22.5. The van der Waals surface area contributed by atoms with Gasteiger partial charge in [-0.1, -0.05) is 0 Å². The molecule has 0 spiro atoms. The smallest absolute Gasteiger partial charge is 0.259 e. The Bertz CT molecular complexity index is 983. The van der Waals surface area contributed by atoms with Crippen molar-refractivity contribution in [3.8, 4) is 5.88 Å². The van der Waals surface area contributed by atoms with Crippen molar-refractivity contribution < 1.29 is 14.2 Å². The van der Waals surface area contributed by atoms with Gasteiger partial charge >= 0.3 is 0 Å². The number of ether oxygens (including phenoxy) is 1. The molecule has 0 aliphatic heterocycles. The maximum absolute atomic E-state index is 12.9. The molecule has 130 valence electrons. The molecule has 4 rings (SSSR count). The van der Waals surface area contributed by atoms with Gasteiger partial charge in [-0.15, -0.1) is 11.3 Å². The van der Waals surface area contributed by atoms with Gasteiger partial charge in [0.1, 0.15) is 12.4 Å². The highest BCUT2D eigenvalue weighted by molar-refractivity contribution is 7.17. The zero-order chi connectivity index (χ0) is 17.6. The highest BCUT2D eigenvalue weighted by Crippen LogP contribution is 2.49. The third kappa shape index (κ3) is 3.03. The number of nitrogens with zero attached hydrogens (tertiary/aromatic N) is 3. The SMILES string of the molecule is Cc1sc2nc(COc3ccc(F)cn3)cc(=O)n2c1C1CC1CO. The Morgan fingerprint density at radius 2 is 2.32 bits per heavy atom. The lowest BCUT2D eigenvalue weighted by molar-refractivity contribution is 0.273. The van der Waals surface area contributed by atoms with Gasteiger partial charge in [0, 0.05) is 35.2 Å². The van der Waals surface area contributed by atoms with E-state index >= 15 is 0 Å². The number of aryl methyl sites for hydroxylation is 1. The van der Waals surface area contributed by atoms with Crippen molar-refractivity contribution >= 4 is 16.3 Å². The average Bonchev–Trinajstić information content (AvgIpc) is 3.29. The van der Waals surface area contributed by atoms with Crippen molar-refractivity contribution in [1.82, 2.24) is 14.4 Å². The third-order valence-corrected chi connectivity index (χ3v) is 5.34. The van der Waals surface area contributed by atoms with Gasteiger partial charge in [-0.25, -0.2) is 14.4 Å². The standard InChI is InChI=1S/C17H16FN3O3S/c1-9-16(13-4-10(13)7-22)21-15(23)5-12(20-17(21)25-9)8-24-14-3-2-11(18)6-19-14/h2-3,5-6,10,13,22H,4,7-8H2,1H3. The number of hydrogen-bond acceptors (Lipinski definition) is 6. The molecule has 6 nitrogen and oxygen atoms in total. The van der Waals surface area contributed by atoms with Crippen LogP contribution in [-0.4, -0.2) is 26.1 Å². The van der Waals surface area contributed by atoms with E-state index in [-0.39, 0.29) is 36.5 Å². The molecule has 1 saturated carbocycles. The molecule has 25 heavy (non-hydrogen) atoms. The molecule has 0 radical (unpaired) electrons. The van der Waals surface area contributed by atoms with E-state index < -0.39 is 5.82 Å². The maximum atomic E-state index is 12.9. The Morgan fingerprint density at radius 3 is 3.00 bits per heavy atom. The molecule has 1 aliphatic rings. The Balaban J connectivity index is 1.62. The van der Waals surface area contributed by atoms with Crippen LogP contribution in [0.3, 0.4) is 0 Å². The van der Waals surface area contributed by atoms with Gasteiger partial charge in [0.15, 0.2) is 4.96 Å². The van der Waals surface area contributed by atoms with Crippen LogP contribution in [0.4, 0.5) is 4.39 Å². The van der Waals surface area contributed by atoms with Gasteiger partial charge in [0.25, 0.3) is 5.56 Å². The Labute approximate surface area is 146 Å². The van der Waals surface area contributed by atoms with Crippen LogP contribution in [0.25, 0.3) is 4.96 Å². The molecule has 0 bridgehead atoms. The molecule has 0 aromatic carbocycles. The molecule has 0 saturated heterocycles. The molecule has 1 N–H and O–H groups in total. The van der Waals surface area contributed by atoms with E-state index in [1.807, 2.05) is 6.92 Å². The number of halogens is 1. The normalized spacial score (nSPS) is 19.3. The number of aliphatic hydroxyl groups excluding tert-OH is 1. The lowest BCUT2D eigenvalue weighted by atomic mass is 10.2. The van der Waals surface area contributed by atoms with Gasteiger partial charge in [-0.3, -0.25) is 9.20 Å². The predicted octanol–water partition coefficient (Wildman–Crippen LogP) is 2.27. The minimum atomic E-state index is -0.437. The molecule has 2 atom stereocenters. The lowest BCUT2D eigenvalue weighted by Crippen LogP contribution is -2.17. The van der Waals surface area contributed by atoms with E-state index in [2.05, 4.69) is 9.97 Å². The number of thiazole rings is 1. The summed E-state index contributed by atoms with van der Waals surface area (Å²) in [6, 6.07) is 4.13. The number of hydrogen-bond donors (Lipinski definition) is 1. The number of aliphatic hydroxyl groups is 1. The van der Waals surface area contributed by atoms with Crippen LogP contribution in [0.15, 0.2) is 29.2 Å². The fourth-order valence-electron chi connectivity index (χ4n) is 3.02. The second-order valence-corrected chi connectivity index (χ2v) is 7.32. The summed E-state index contributed by atoms with van der Waals surface area (Å²) in [7, 11) is 0. The van der Waals surface area contributed by atoms with E-state index in [9.17, 15) is 14.3 Å². The lowest BCUT2D eigenvalue weighted by Gasteiger charge is -2.05. The van der Waals surface area contributed by atoms with E-state index in [0.29, 0.717) is 10.7 Å². The highest BCUT2D eigenvalue weighted by Gasteiger charge is 2.41. The zero-order valence-electron chi connectivity index (χ0n) is 13.5. The summed E-state index contributed by atoms with van der Waals surface area (Å²) in [6.45, 7) is 2.19. The van der Waals surface area contributed by atoms with E-state index in [1.165, 1.54) is 29.5 Å². The Kier molecular flexibility index (Phi) is 4.01. The molecule has 1 fully saturated rings. The molecule has 8 heteroatoms. The first-order valence-corrected chi connectivity index (χ1v) is 8.75. The van der Waals surface area contributed by atoms with E-state index in [0.717, 1.165) is 23.2 Å². The first-order valence-electron chi connectivity index (χ1n) is 7.94. The molecule has 1 aliphatic carbocycles. The summed E-state index contributed by atoms with van der Waals surface area (Å²) >= 11 is 1.46. The van der Waals surface area contributed by atoms with Crippen LogP contribution in [-0.2, 0) is 6.61 Å². The Morgan fingerprint density at radius 1 is 1.48 bits per heavy atom. The van der Waals surface area contributed by atoms with Gasteiger partial charge in [0.05, 0.1) is 11.9 Å². The van der Waals surface area contributed by atoms with E-state index in [4.69, 9.17) is 4.74 Å². The first-order chi connectivity index (χ1) is 12.1. The second-order valence-electron chi connectivity index (χ2n) is 6.14. The average molecular weight is 361 g/mol. The van der Waals surface area contributed by atoms with Crippen molar-refractivity contribution in [2.45, 2.75) is 25.9 Å². The van der Waals surface area contributed by atoms with Gasteiger partial charge in [0.2, 0.25) is 5.88 Å².